The van der Waals surface area contributed by atoms with Crippen molar-refractivity contribution in [3.05, 3.63) is 82.7 Å². The Morgan fingerprint density at radius 2 is 1.53 bits per heavy atom. The molecule has 2 N–H and O–H groups in total. The lowest BCUT2D eigenvalue weighted by Gasteiger charge is -2.19. The summed E-state index contributed by atoms with van der Waals surface area (Å²) < 4.78 is 8.27. The third-order valence-electron chi connectivity index (χ3n) is 8.37. The second kappa shape index (κ2) is 16.2. The summed E-state index contributed by atoms with van der Waals surface area (Å²) in [6.07, 6.45) is 11.7. The number of hydrogen-bond donors (Lipinski definition) is 2. The Hall–Kier alpha value is -3.80. The van der Waals surface area contributed by atoms with Crippen LogP contribution in [0.25, 0.3) is 5.70 Å². The lowest BCUT2D eigenvalue weighted by Crippen LogP contribution is -2.13. The molecule has 1 heterocycles. The molecule has 6 nitrogen and oxygen atoms in total. The normalized spacial score (nSPS) is 12.9. The number of hydrogen-bond acceptors (Lipinski definition) is 4. The van der Waals surface area contributed by atoms with Crippen LogP contribution in [0.1, 0.15) is 106 Å². The lowest BCUT2D eigenvalue weighted by molar-refractivity contribution is 0.223. The summed E-state index contributed by atoms with van der Waals surface area (Å²) in [5, 5.41) is 22.3. The van der Waals surface area contributed by atoms with Crippen molar-refractivity contribution >= 4 is 17.2 Å². The van der Waals surface area contributed by atoms with E-state index < -0.39 is 0 Å². The summed E-state index contributed by atoms with van der Waals surface area (Å²) in [5.41, 5.74) is 5.44. The largest absolute Gasteiger partial charge is 0.507 e. The third-order valence-corrected chi connectivity index (χ3v) is 8.37. The van der Waals surface area contributed by atoms with E-state index in [0.29, 0.717) is 46.5 Å². The van der Waals surface area contributed by atoms with Gasteiger partial charge in [-0.05, 0) is 87.9 Å². The van der Waals surface area contributed by atoms with E-state index in [9.17, 15) is 10.2 Å². The maximum absolute atomic E-state index is 11.2. The Bertz CT molecular complexity index is 1450. The van der Waals surface area contributed by atoms with Crippen LogP contribution in [0.2, 0.25) is 0 Å². The molecule has 0 saturated heterocycles. The molecule has 0 aliphatic carbocycles. The predicted octanol–water partition coefficient (Wildman–Crippen LogP) is 9.44. The summed E-state index contributed by atoms with van der Waals surface area (Å²) >= 11 is 0. The molecule has 0 aliphatic rings. The van der Waals surface area contributed by atoms with Gasteiger partial charge in [-0.1, -0.05) is 65.0 Å². The second-order valence-electron chi connectivity index (χ2n) is 11.7. The van der Waals surface area contributed by atoms with E-state index in [1.54, 1.807) is 6.07 Å². The number of nitrogens with zero attached hydrogens (tertiary/aromatic N) is 3. The van der Waals surface area contributed by atoms with Crippen LogP contribution in [0.5, 0.6) is 17.2 Å². The van der Waals surface area contributed by atoms with Gasteiger partial charge in [0, 0.05) is 24.4 Å². The highest BCUT2D eigenvalue weighted by atomic mass is 16.5. The first-order valence-corrected chi connectivity index (χ1v) is 15.8. The van der Waals surface area contributed by atoms with Gasteiger partial charge >= 0.3 is 0 Å². The highest BCUT2D eigenvalue weighted by Crippen LogP contribution is 2.36. The van der Waals surface area contributed by atoms with E-state index in [1.807, 2.05) is 75.8 Å². The average molecular weight is 586 g/mol. The summed E-state index contributed by atoms with van der Waals surface area (Å²) in [5.74, 6) is 1.73. The zero-order chi connectivity index (χ0) is 31.5. The molecule has 43 heavy (non-hydrogen) atoms. The monoisotopic (exact) mass is 585 g/mol. The molecule has 0 saturated carbocycles. The number of aromatic hydroxyl groups is 2. The van der Waals surface area contributed by atoms with Gasteiger partial charge in [-0.2, -0.15) is 0 Å². The second-order valence-corrected chi connectivity index (χ2v) is 11.7. The van der Waals surface area contributed by atoms with Gasteiger partial charge in [-0.15, -0.1) is 0 Å². The van der Waals surface area contributed by atoms with Crippen LogP contribution in [0.15, 0.2) is 59.2 Å². The smallest absolute Gasteiger partial charge is 0.163 e. The van der Waals surface area contributed by atoms with Gasteiger partial charge in [0.05, 0.1) is 29.3 Å². The predicted molar refractivity (Wildman–Crippen MR) is 181 cm³/mol. The number of aliphatic imine (C=N–C) groups is 2. The molecule has 0 fully saturated rings. The molecule has 3 aromatic rings. The standard InChI is InChI=1S/C37H51N3O3/c1-9-11-13-14-17-30(16-12-10-2)24-43-34-22-21-31(36(42)27(34)5)28(6)38-37(32-20-19-25(3)26(4)35(32)41)39-29(7)33-18-15-23-40(33)8/h15,18-23,30,41-42H,6,9-14,16-17,24H2,1-5,7-8H3. The van der Waals surface area contributed by atoms with E-state index in [-0.39, 0.29) is 11.5 Å². The summed E-state index contributed by atoms with van der Waals surface area (Å²) in [6.45, 7) is 16.9. The lowest BCUT2D eigenvalue weighted by atomic mass is 9.96. The molecule has 232 valence electrons. The Labute approximate surface area is 258 Å². The molecule has 2 aromatic carbocycles. The third kappa shape index (κ3) is 8.85. The summed E-state index contributed by atoms with van der Waals surface area (Å²) in [6, 6.07) is 11.4. The number of rotatable bonds is 15. The molecule has 0 aliphatic heterocycles. The van der Waals surface area contributed by atoms with Gasteiger partial charge in [0.2, 0.25) is 0 Å². The molecular weight excluding hydrogens is 534 g/mol. The fourth-order valence-electron chi connectivity index (χ4n) is 5.31. The number of phenolic OH excluding ortho intramolecular Hbond substituents is 2. The number of unbranched alkanes of at least 4 members (excludes halogenated alkanes) is 4. The van der Waals surface area contributed by atoms with E-state index in [0.717, 1.165) is 29.0 Å². The number of ether oxygens (including phenoxy) is 1. The van der Waals surface area contributed by atoms with Crippen LogP contribution in [0, 0.1) is 26.7 Å². The SMILES string of the molecule is C=C(N=C(N=C(C)c1cccn1C)c1ccc(C)c(C)c1O)c1ccc(OCC(CCCC)CCCCCC)c(C)c1O. The Morgan fingerprint density at radius 1 is 0.860 bits per heavy atom. The van der Waals surface area contributed by atoms with Crippen molar-refractivity contribution in [3.8, 4) is 17.2 Å². The molecule has 0 amide bonds. The van der Waals surface area contributed by atoms with Crippen molar-refractivity contribution in [2.45, 2.75) is 92.9 Å². The maximum atomic E-state index is 11.2. The van der Waals surface area contributed by atoms with Crippen molar-refractivity contribution in [1.82, 2.24) is 4.57 Å². The fourth-order valence-corrected chi connectivity index (χ4v) is 5.31. The highest BCUT2D eigenvalue weighted by Gasteiger charge is 2.18. The van der Waals surface area contributed by atoms with Gasteiger partial charge in [0.15, 0.2) is 5.84 Å². The van der Waals surface area contributed by atoms with Gasteiger partial charge in [-0.25, -0.2) is 9.98 Å². The molecular formula is C37H51N3O3. The topological polar surface area (TPSA) is 79.3 Å². The van der Waals surface area contributed by atoms with Crippen molar-refractivity contribution in [3.63, 3.8) is 0 Å². The van der Waals surface area contributed by atoms with E-state index in [1.165, 1.54) is 44.9 Å². The molecule has 0 radical (unpaired) electrons. The molecule has 3 rings (SSSR count). The fraction of sp³-hybridized carbons (Fsp3) is 0.459. The Morgan fingerprint density at radius 3 is 2.21 bits per heavy atom. The van der Waals surface area contributed by atoms with Crippen molar-refractivity contribution < 1.29 is 14.9 Å². The van der Waals surface area contributed by atoms with E-state index in [4.69, 9.17) is 14.7 Å². The van der Waals surface area contributed by atoms with Crippen molar-refractivity contribution in [2.24, 2.45) is 23.0 Å². The van der Waals surface area contributed by atoms with Crippen LogP contribution in [-0.2, 0) is 7.05 Å². The first kappa shape index (κ1) is 33.7. The van der Waals surface area contributed by atoms with Crippen LogP contribution >= 0.6 is 0 Å². The van der Waals surface area contributed by atoms with Gasteiger partial charge in [0.1, 0.15) is 17.2 Å². The van der Waals surface area contributed by atoms with Crippen molar-refractivity contribution in [1.29, 1.82) is 0 Å². The summed E-state index contributed by atoms with van der Waals surface area (Å²) in [7, 11) is 1.96. The molecule has 1 aromatic heterocycles. The van der Waals surface area contributed by atoms with Crippen LogP contribution in [0.3, 0.4) is 0 Å². The van der Waals surface area contributed by atoms with E-state index in [2.05, 4.69) is 20.4 Å². The first-order valence-electron chi connectivity index (χ1n) is 15.8. The minimum Gasteiger partial charge on any atom is -0.507 e. The molecule has 0 spiro atoms. The van der Waals surface area contributed by atoms with Crippen LogP contribution in [-0.4, -0.2) is 32.9 Å². The molecule has 1 unspecified atom stereocenters. The Kier molecular flexibility index (Phi) is 12.7. The molecule has 6 heteroatoms. The minimum absolute atomic E-state index is 0.0890. The number of aryl methyl sites for hydroxylation is 2. The van der Waals surface area contributed by atoms with E-state index >= 15 is 0 Å². The zero-order valence-electron chi connectivity index (χ0n) is 27.3. The molecule has 0 bridgehead atoms. The molecule has 1 atom stereocenters. The summed E-state index contributed by atoms with van der Waals surface area (Å²) in [4.78, 5) is 9.63. The number of aromatic nitrogens is 1. The Balaban J connectivity index is 1.91. The van der Waals surface area contributed by atoms with Gasteiger partial charge < -0.3 is 19.5 Å². The first-order chi connectivity index (χ1) is 20.6. The zero-order valence-corrected chi connectivity index (χ0v) is 27.3. The van der Waals surface area contributed by atoms with Crippen LogP contribution < -0.4 is 4.74 Å². The van der Waals surface area contributed by atoms with Crippen molar-refractivity contribution in [2.75, 3.05) is 6.61 Å². The number of phenols is 2. The average Bonchev–Trinajstić information content (AvgIpc) is 3.42. The van der Waals surface area contributed by atoms with Crippen LogP contribution in [0.4, 0.5) is 0 Å². The quantitative estimate of drug-likeness (QED) is 0.106. The van der Waals surface area contributed by atoms with Gasteiger partial charge in [0.25, 0.3) is 0 Å². The number of benzene rings is 2. The highest BCUT2D eigenvalue weighted by molar-refractivity contribution is 6.13. The minimum atomic E-state index is 0.0890. The van der Waals surface area contributed by atoms with Gasteiger partial charge in [-0.3, -0.25) is 0 Å². The maximum Gasteiger partial charge on any atom is 0.163 e. The number of amidine groups is 1.